The molecule has 152 valence electrons. The van der Waals surface area contributed by atoms with E-state index in [9.17, 15) is 9.59 Å². The molecule has 9 heteroatoms. The lowest BCUT2D eigenvalue weighted by molar-refractivity contribution is -0.113. The Bertz CT molecular complexity index is 1160. The topological polar surface area (TPSA) is 73.2 Å². The van der Waals surface area contributed by atoms with Crippen LogP contribution < -0.4 is 15.6 Å². The molecule has 1 N–H and O–H groups in total. The van der Waals surface area contributed by atoms with E-state index >= 15 is 0 Å². The van der Waals surface area contributed by atoms with Gasteiger partial charge in [0.05, 0.1) is 23.9 Å². The van der Waals surface area contributed by atoms with Crippen molar-refractivity contribution in [2.24, 2.45) is 7.05 Å². The van der Waals surface area contributed by atoms with Crippen molar-refractivity contribution >= 4 is 56.5 Å². The van der Waals surface area contributed by atoms with Gasteiger partial charge in [-0.05, 0) is 49.4 Å². The van der Waals surface area contributed by atoms with E-state index in [1.165, 1.54) is 29.3 Å². The molecule has 6 nitrogen and oxygen atoms in total. The molecular weight excluding hydrogens is 430 g/mol. The molecule has 0 radical (unpaired) electrons. The molecule has 0 fully saturated rings. The number of hydrogen-bond acceptors (Lipinski definition) is 6. The zero-order valence-corrected chi connectivity index (χ0v) is 18.5. The second kappa shape index (κ2) is 8.38. The maximum atomic E-state index is 12.9. The molecule has 0 spiro atoms. The number of hydrogen-bond donors (Lipinski definition) is 1. The number of aromatic nitrogens is 2. The van der Waals surface area contributed by atoms with E-state index < -0.39 is 0 Å². The molecule has 1 aliphatic carbocycles. The second-order valence-corrected chi connectivity index (χ2v) is 9.29. The van der Waals surface area contributed by atoms with Crippen LogP contribution in [0, 0.1) is 0 Å². The zero-order valence-electron chi connectivity index (χ0n) is 16.1. The Labute approximate surface area is 181 Å². The number of aryl methyl sites for hydroxylation is 2. The van der Waals surface area contributed by atoms with Gasteiger partial charge in [0.1, 0.15) is 10.6 Å². The molecular formula is C20H20ClN3O3S2. The number of carbonyl (C=O) groups excluding carboxylic acids is 1. The fourth-order valence-corrected chi connectivity index (χ4v) is 5.74. The number of ether oxygens (including phenoxy) is 1. The van der Waals surface area contributed by atoms with Gasteiger partial charge in [-0.2, -0.15) is 0 Å². The summed E-state index contributed by atoms with van der Waals surface area (Å²) >= 11 is 8.86. The zero-order chi connectivity index (χ0) is 20.5. The van der Waals surface area contributed by atoms with Gasteiger partial charge in [-0.15, -0.1) is 11.3 Å². The molecule has 29 heavy (non-hydrogen) atoms. The van der Waals surface area contributed by atoms with E-state index in [1.54, 1.807) is 41.2 Å². The number of thiophene rings is 1. The van der Waals surface area contributed by atoms with Crippen molar-refractivity contribution in [2.45, 2.75) is 30.8 Å². The van der Waals surface area contributed by atoms with Crippen LogP contribution in [0.5, 0.6) is 5.75 Å². The Kier molecular flexibility index (Phi) is 5.85. The number of nitrogens with zero attached hydrogens (tertiary/aromatic N) is 2. The Morgan fingerprint density at radius 2 is 2.17 bits per heavy atom. The average Bonchev–Trinajstić information content (AvgIpc) is 3.08. The standard InChI is InChI=1S/C20H20ClN3O3S2/c1-24-19(26)17-12-5-3-4-6-15(12)29-18(17)23-20(24)28-10-16(25)22-13-9-11(21)7-8-14(13)27-2/h7-9H,3-6,10H2,1-2H3,(H,22,25). The van der Waals surface area contributed by atoms with Crippen molar-refractivity contribution in [3.63, 3.8) is 0 Å². The molecule has 0 unspecified atom stereocenters. The van der Waals surface area contributed by atoms with Crippen LogP contribution in [0.15, 0.2) is 28.2 Å². The van der Waals surface area contributed by atoms with Gasteiger partial charge >= 0.3 is 0 Å². The number of amides is 1. The summed E-state index contributed by atoms with van der Waals surface area (Å²) in [4.78, 5) is 32.1. The number of carbonyl (C=O) groups is 1. The molecule has 1 aliphatic rings. The molecule has 0 saturated heterocycles. The van der Waals surface area contributed by atoms with Gasteiger partial charge in [0.15, 0.2) is 5.16 Å². The van der Waals surface area contributed by atoms with Gasteiger partial charge < -0.3 is 10.1 Å². The predicted molar refractivity (Wildman–Crippen MR) is 119 cm³/mol. The molecule has 1 amide bonds. The van der Waals surface area contributed by atoms with Crippen LogP contribution in [-0.2, 0) is 24.7 Å². The second-order valence-electron chi connectivity index (χ2n) is 6.83. The quantitative estimate of drug-likeness (QED) is 0.465. The van der Waals surface area contributed by atoms with Gasteiger partial charge in [-0.25, -0.2) is 4.98 Å². The van der Waals surface area contributed by atoms with E-state index in [4.69, 9.17) is 16.3 Å². The normalized spacial score (nSPS) is 13.3. The van der Waals surface area contributed by atoms with Gasteiger partial charge in [-0.3, -0.25) is 14.2 Å². The summed E-state index contributed by atoms with van der Waals surface area (Å²) in [7, 11) is 3.24. The van der Waals surface area contributed by atoms with Crippen LogP contribution in [-0.4, -0.2) is 28.3 Å². The average molecular weight is 450 g/mol. The third-order valence-corrected chi connectivity index (χ3v) is 7.37. The Balaban J connectivity index is 1.54. The van der Waals surface area contributed by atoms with E-state index in [0.717, 1.165) is 35.9 Å². The smallest absolute Gasteiger partial charge is 0.262 e. The number of anilines is 1. The van der Waals surface area contributed by atoms with E-state index in [1.807, 2.05) is 0 Å². The number of thioether (sulfide) groups is 1. The van der Waals surface area contributed by atoms with Crippen molar-refractivity contribution in [1.82, 2.24) is 9.55 Å². The summed E-state index contributed by atoms with van der Waals surface area (Å²) in [5.41, 5.74) is 1.65. The number of nitrogens with one attached hydrogen (secondary N) is 1. The van der Waals surface area contributed by atoms with Crippen LogP contribution in [0.2, 0.25) is 5.02 Å². The molecule has 1 aromatic carbocycles. The maximum absolute atomic E-state index is 12.9. The summed E-state index contributed by atoms with van der Waals surface area (Å²) in [5.74, 6) is 0.422. The fraction of sp³-hybridized carbons (Fsp3) is 0.350. The Morgan fingerprint density at radius 1 is 1.38 bits per heavy atom. The number of fused-ring (bicyclic) bond motifs is 3. The van der Waals surface area contributed by atoms with Gasteiger partial charge in [0, 0.05) is 16.9 Å². The lowest BCUT2D eigenvalue weighted by Crippen LogP contribution is -2.22. The van der Waals surface area contributed by atoms with Gasteiger partial charge in [0.25, 0.3) is 5.56 Å². The first-order chi connectivity index (χ1) is 14.0. The third kappa shape index (κ3) is 4.01. The summed E-state index contributed by atoms with van der Waals surface area (Å²) < 4.78 is 6.79. The van der Waals surface area contributed by atoms with Crippen LogP contribution in [0.1, 0.15) is 23.3 Å². The highest BCUT2D eigenvalue weighted by Crippen LogP contribution is 2.34. The number of rotatable bonds is 5. The molecule has 4 rings (SSSR count). The molecule has 0 atom stereocenters. The lowest BCUT2D eigenvalue weighted by atomic mass is 9.97. The van der Waals surface area contributed by atoms with Crippen LogP contribution >= 0.6 is 34.7 Å². The summed E-state index contributed by atoms with van der Waals surface area (Å²) in [6.07, 6.45) is 4.25. The maximum Gasteiger partial charge on any atom is 0.262 e. The Hall–Kier alpha value is -2.03. The first-order valence-electron chi connectivity index (χ1n) is 9.25. The highest BCUT2D eigenvalue weighted by Gasteiger charge is 2.21. The first-order valence-corrected chi connectivity index (χ1v) is 11.4. The summed E-state index contributed by atoms with van der Waals surface area (Å²) in [6, 6.07) is 5.03. The number of methoxy groups -OCH3 is 1. The van der Waals surface area contributed by atoms with Crippen molar-refractivity contribution < 1.29 is 9.53 Å². The third-order valence-electron chi connectivity index (χ3n) is 4.92. The minimum absolute atomic E-state index is 0.0335. The molecule has 0 saturated carbocycles. The van der Waals surface area contributed by atoms with E-state index in [-0.39, 0.29) is 17.2 Å². The van der Waals surface area contributed by atoms with Crippen molar-refractivity contribution in [3.8, 4) is 5.75 Å². The van der Waals surface area contributed by atoms with Crippen molar-refractivity contribution in [3.05, 3.63) is 44.0 Å². The van der Waals surface area contributed by atoms with Gasteiger partial charge in [-0.1, -0.05) is 23.4 Å². The lowest BCUT2D eigenvalue weighted by Gasteiger charge is -2.12. The van der Waals surface area contributed by atoms with Crippen LogP contribution in [0.4, 0.5) is 5.69 Å². The predicted octanol–water partition coefficient (Wildman–Crippen LogP) is 4.27. The largest absolute Gasteiger partial charge is 0.495 e. The highest BCUT2D eigenvalue weighted by molar-refractivity contribution is 7.99. The molecule has 2 aromatic heterocycles. The van der Waals surface area contributed by atoms with Gasteiger partial charge in [0.2, 0.25) is 5.91 Å². The fourth-order valence-electron chi connectivity index (χ4n) is 3.49. The van der Waals surface area contributed by atoms with Crippen molar-refractivity contribution in [2.75, 3.05) is 18.2 Å². The number of halogens is 1. The first kappa shape index (κ1) is 20.3. The molecule has 0 aliphatic heterocycles. The molecule has 3 aromatic rings. The van der Waals surface area contributed by atoms with E-state index in [0.29, 0.717) is 21.6 Å². The number of benzene rings is 1. The summed E-state index contributed by atoms with van der Waals surface area (Å²) in [5, 5.41) is 4.60. The van der Waals surface area contributed by atoms with Crippen molar-refractivity contribution in [1.29, 1.82) is 0 Å². The van der Waals surface area contributed by atoms with Crippen LogP contribution in [0.25, 0.3) is 10.2 Å². The SMILES string of the molecule is COc1ccc(Cl)cc1NC(=O)CSc1nc2sc3c(c2c(=O)n1C)CCCC3. The van der Waals surface area contributed by atoms with E-state index in [2.05, 4.69) is 10.3 Å². The minimum atomic E-state index is -0.226. The molecule has 0 bridgehead atoms. The Morgan fingerprint density at radius 3 is 2.97 bits per heavy atom. The highest BCUT2D eigenvalue weighted by atomic mass is 35.5. The monoisotopic (exact) mass is 449 g/mol. The summed E-state index contributed by atoms with van der Waals surface area (Å²) in [6.45, 7) is 0. The molecule has 2 heterocycles. The minimum Gasteiger partial charge on any atom is -0.495 e. The van der Waals surface area contributed by atoms with Crippen LogP contribution in [0.3, 0.4) is 0 Å².